The molecule has 0 aliphatic carbocycles. The number of carbonyl (C=O) groups excluding carboxylic acids is 2. The summed E-state index contributed by atoms with van der Waals surface area (Å²) in [6, 6.07) is 14.4. The van der Waals surface area contributed by atoms with Crippen molar-refractivity contribution in [2.45, 2.75) is 19.6 Å². The predicted molar refractivity (Wildman–Crippen MR) is 99.3 cm³/mol. The van der Waals surface area contributed by atoms with Crippen molar-refractivity contribution >= 4 is 11.9 Å². The SMILES string of the molecule is C=C(CC(=O)OCc1ccccc1OC)C(=O)OCc1ccccc1OC. The summed E-state index contributed by atoms with van der Waals surface area (Å²) < 4.78 is 20.8. The average Bonchev–Trinajstić information content (AvgIpc) is 2.70. The number of methoxy groups -OCH3 is 2. The zero-order valence-corrected chi connectivity index (χ0v) is 15.4. The maximum absolute atomic E-state index is 12.0. The van der Waals surface area contributed by atoms with Crippen molar-refractivity contribution in [3.8, 4) is 11.5 Å². The molecule has 2 aromatic rings. The van der Waals surface area contributed by atoms with Gasteiger partial charge in [0.2, 0.25) is 0 Å². The molecule has 0 heterocycles. The monoisotopic (exact) mass is 370 g/mol. The Morgan fingerprint density at radius 3 is 1.81 bits per heavy atom. The molecule has 0 aliphatic heterocycles. The van der Waals surface area contributed by atoms with Gasteiger partial charge in [0.15, 0.2) is 0 Å². The fourth-order valence-electron chi connectivity index (χ4n) is 2.35. The largest absolute Gasteiger partial charge is 0.496 e. The van der Waals surface area contributed by atoms with Gasteiger partial charge in [-0.15, -0.1) is 0 Å². The zero-order chi connectivity index (χ0) is 19.6. The molecule has 0 bridgehead atoms. The first-order valence-electron chi connectivity index (χ1n) is 8.29. The first-order chi connectivity index (χ1) is 13.0. The minimum Gasteiger partial charge on any atom is -0.496 e. The number of esters is 2. The predicted octanol–water partition coefficient (Wildman–Crippen LogP) is 3.44. The van der Waals surface area contributed by atoms with Crippen molar-refractivity contribution in [3.05, 3.63) is 71.8 Å². The van der Waals surface area contributed by atoms with Gasteiger partial charge in [0, 0.05) is 16.7 Å². The number of hydrogen-bond donors (Lipinski definition) is 0. The van der Waals surface area contributed by atoms with Gasteiger partial charge < -0.3 is 18.9 Å². The van der Waals surface area contributed by atoms with Gasteiger partial charge in [-0.05, 0) is 12.1 Å². The van der Waals surface area contributed by atoms with Crippen LogP contribution in [-0.2, 0) is 32.3 Å². The second-order valence-corrected chi connectivity index (χ2v) is 5.64. The molecule has 0 N–H and O–H groups in total. The molecule has 0 radical (unpaired) electrons. The maximum atomic E-state index is 12.0. The van der Waals surface area contributed by atoms with E-state index in [4.69, 9.17) is 18.9 Å². The lowest BCUT2D eigenvalue weighted by molar-refractivity contribution is -0.147. The van der Waals surface area contributed by atoms with Gasteiger partial charge in [-0.25, -0.2) is 4.79 Å². The molecule has 2 rings (SSSR count). The maximum Gasteiger partial charge on any atom is 0.334 e. The number of benzene rings is 2. The van der Waals surface area contributed by atoms with Crippen LogP contribution in [0.5, 0.6) is 11.5 Å². The van der Waals surface area contributed by atoms with E-state index < -0.39 is 11.9 Å². The summed E-state index contributed by atoms with van der Waals surface area (Å²) in [4.78, 5) is 24.0. The van der Waals surface area contributed by atoms with Gasteiger partial charge >= 0.3 is 11.9 Å². The molecule has 2 aromatic carbocycles. The van der Waals surface area contributed by atoms with Crippen LogP contribution in [0.4, 0.5) is 0 Å². The molecule has 0 atom stereocenters. The third-order valence-electron chi connectivity index (χ3n) is 3.78. The summed E-state index contributed by atoms with van der Waals surface area (Å²) in [5.74, 6) is 0.0165. The standard InChI is InChI=1S/C21H22O6/c1-15(21(23)27-14-17-9-5-7-11-19(17)25-3)12-20(22)26-13-16-8-4-6-10-18(16)24-2/h4-11H,1,12-14H2,2-3H3. The van der Waals surface area contributed by atoms with Gasteiger partial charge in [0.1, 0.15) is 24.7 Å². The van der Waals surface area contributed by atoms with E-state index in [0.717, 1.165) is 11.1 Å². The minimum absolute atomic E-state index is 0.0231. The number of ether oxygens (including phenoxy) is 4. The van der Waals surface area contributed by atoms with Gasteiger partial charge in [-0.3, -0.25) is 4.79 Å². The molecule has 6 heteroatoms. The van der Waals surface area contributed by atoms with E-state index in [1.54, 1.807) is 31.4 Å². The number of rotatable bonds is 9. The van der Waals surface area contributed by atoms with Crippen LogP contribution >= 0.6 is 0 Å². The van der Waals surface area contributed by atoms with Crippen LogP contribution in [0.2, 0.25) is 0 Å². The highest BCUT2D eigenvalue weighted by Gasteiger charge is 2.16. The van der Waals surface area contributed by atoms with Gasteiger partial charge in [-0.2, -0.15) is 0 Å². The van der Waals surface area contributed by atoms with Crippen molar-refractivity contribution in [3.63, 3.8) is 0 Å². The number of carbonyl (C=O) groups is 2. The molecule has 0 saturated carbocycles. The number of para-hydroxylation sites is 2. The molecular weight excluding hydrogens is 348 g/mol. The van der Waals surface area contributed by atoms with Crippen LogP contribution in [0, 0.1) is 0 Å². The lowest BCUT2D eigenvalue weighted by Gasteiger charge is -2.11. The van der Waals surface area contributed by atoms with Crippen LogP contribution in [0.15, 0.2) is 60.7 Å². The molecule has 0 spiro atoms. The third kappa shape index (κ3) is 5.88. The summed E-state index contributed by atoms with van der Waals surface area (Å²) in [6.45, 7) is 3.68. The summed E-state index contributed by atoms with van der Waals surface area (Å²) in [7, 11) is 3.08. The van der Waals surface area contributed by atoms with Crippen molar-refractivity contribution < 1.29 is 28.5 Å². The first kappa shape index (κ1) is 20.0. The first-order valence-corrected chi connectivity index (χ1v) is 8.29. The van der Waals surface area contributed by atoms with Crippen molar-refractivity contribution in [2.75, 3.05) is 14.2 Å². The smallest absolute Gasteiger partial charge is 0.334 e. The van der Waals surface area contributed by atoms with E-state index in [1.165, 1.54) is 7.11 Å². The van der Waals surface area contributed by atoms with Crippen LogP contribution in [0.25, 0.3) is 0 Å². The normalized spacial score (nSPS) is 10.0. The third-order valence-corrected chi connectivity index (χ3v) is 3.78. The lowest BCUT2D eigenvalue weighted by atomic mass is 10.2. The minimum atomic E-state index is -0.657. The Hall–Kier alpha value is -3.28. The second-order valence-electron chi connectivity index (χ2n) is 5.64. The molecule has 27 heavy (non-hydrogen) atoms. The summed E-state index contributed by atoms with van der Waals surface area (Å²) in [6.07, 6.45) is -0.250. The van der Waals surface area contributed by atoms with Crippen molar-refractivity contribution in [1.29, 1.82) is 0 Å². The molecule has 0 saturated heterocycles. The van der Waals surface area contributed by atoms with Crippen LogP contribution in [0.3, 0.4) is 0 Å². The van der Waals surface area contributed by atoms with Crippen molar-refractivity contribution in [1.82, 2.24) is 0 Å². The summed E-state index contributed by atoms with van der Waals surface area (Å²) >= 11 is 0. The Kier molecular flexibility index (Phi) is 7.43. The molecule has 0 aromatic heterocycles. The highest BCUT2D eigenvalue weighted by molar-refractivity contribution is 5.93. The average molecular weight is 370 g/mol. The van der Waals surface area contributed by atoms with E-state index in [2.05, 4.69) is 6.58 Å². The molecule has 142 valence electrons. The highest BCUT2D eigenvalue weighted by atomic mass is 16.5. The Labute approximate surface area is 158 Å². The molecule has 0 unspecified atom stereocenters. The van der Waals surface area contributed by atoms with Crippen LogP contribution < -0.4 is 9.47 Å². The van der Waals surface area contributed by atoms with Gasteiger partial charge in [0.25, 0.3) is 0 Å². The Morgan fingerprint density at radius 1 is 0.815 bits per heavy atom. The fourth-order valence-corrected chi connectivity index (χ4v) is 2.35. The van der Waals surface area contributed by atoms with E-state index in [1.807, 2.05) is 24.3 Å². The van der Waals surface area contributed by atoms with E-state index in [9.17, 15) is 9.59 Å². The number of hydrogen-bond acceptors (Lipinski definition) is 6. The Bertz CT molecular complexity index is 812. The molecular formula is C21H22O6. The summed E-state index contributed by atoms with van der Waals surface area (Å²) in [5.41, 5.74) is 1.48. The van der Waals surface area contributed by atoms with Gasteiger partial charge in [-0.1, -0.05) is 43.0 Å². The van der Waals surface area contributed by atoms with Crippen LogP contribution in [-0.4, -0.2) is 26.2 Å². The van der Waals surface area contributed by atoms with Gasteiger partial charge in [0.05, 0.1) is 20.6 Å². The molecule has 6 nitrogen and oxygen atoms in total. The van der Waals surface area contributed by atoms with E-state index in [-0.39, 0.29) is 25.2 Å². The Morgan fingerprint density at radius 2 is 1.30 bits per heavy atom. The highest BCUT2D eigenvalue weighted by Crippen LogP contribution is 2.20. The lowest BCUT2D eigenvalue weighted by Crippen LogP contribution is -2.13. The van der Waals surface area contributed by atoms with Crippen LogP contribution in [0.1, 0.15) is 17.5 Å². The molecule has 0 amide bonds. The molecule has 0 fully saturated rings. The Balaban J connectivity index is 1.81. The second kappa shape index (κ2) is 10.0. The van der Waals surface area contributed by atoms with E-state index in [0.29, 0.717) is 11.5 Å². The van der Waals surface area contributed by atoms with Crippen molar-refractivity contribution in [2.24, 2.45) is 0 Å². The summed E-state index contributed by atoms with van der Waals surface area (Å²) in [5, 5.41) is 0. The topological polar surface area (TPSA) is 71.1 Å². The quantitative estimate of drug-likeness (QED) is 0.497. The van der Waals surface area contributed by atoms with E-state index >= 15 is 0 Å². The molecule has 0 aliphatic rings. The zero-order valence-electron chi connectivity index (χ0n) is 15.4. The fraction of sp³-hybridized carbons (Fsp3) is 0.238.